The Morgan fingerprint density at radius 1 is 1.41 bits per heavy atom. The summed E-state index contributed by atoms with van der Waals surface area (Å²) in [6, 6.07) is 0.609. The van der Waals surface area contributed by atoms with Crippen LogP contribution in [-0.2, 0) is 0 Å². The largest absolute Gasteiger partial charge is 0.396 e. The van der Waals surface area contributed by atoms with Gasteiger partial charge >= 0.3 is 0 Å². The number of likely N-dealkylation sites (tertiary alicyclic amines) is 1. The van der Waals surface area contributed by atoms with Gasteiger partial charge in [-0.2, -0.15) is 0 Å². The Morgan fingerprint density at radius 3 is 2.76 bits per heavy atom. The van der Waals surface area contributed by atoms with Crippen LogP contribution in [0.15, 0.2) is 0 Å². The molecular weight excluding hydrogens is 214 g/mol. The number of unbranched alkanes of at least 4 members (excludes halogenated alkanes) is 2. The molecule has 0 bridgehead atoms. The summed E-state index contributed by atoms with van der Waals surface area (Å²) in [4.78, 5) is 2.40. The highest BCUT2D eigenvalue weighted by Crippen LogP contribution is 2.25. The summed E-state index contributed by atoms with van der Waals surface area (Å²) in [5, 5.41) is 12.4. The predicted octanol–water partition coefficient (Wildman–Crippen LogP) is 0.550. The normalized spacial score (nSPS) is 30.7. The molecule has 2 unspecified atom stereocenters. The van der Waals surface area contributed by atoms with E-state index in [-0.39, 0.29) is 5.54 Å². The van der Waals surface area contributed by atoms with Crippen molar-refractivity contribution in [2.45, 2.75) is 50.6 Å². The number of nitrogens with one attached hydrogen (secondary N) is 1. The van der Waals surface area contributed by atoms with Crippen molar-refractivity contribution < 1.29 is 5.11 Å². The molecule has 1 fully saturated rings. The first kappa shape index (κ1) is 14.9. The quantitative estimate of drug-likeness (QED) is 0.572. The Labute approximate surface area is 106 Å². The molecule has 0 aromatic carbocycles. The van der Waals surface area contributed by atoms with E-state index < -0.39 is 0 Å². The molecule has 4 nitrogen and oxygen atoms in total. The first-order chi connectivity index (χ1) is 8.13. The smallest absolute Gasteiger partial charge is 0.0431 e. The molecule has 1 aliphatic rings. The third-order valence-electron chi connectivity index (χ3n) is 4.11. The maximum absolute atomic E-state index is 8.73. The topological polar surface area (TPSA) is 61.5 Å². The molecule has 0 saturated carbocycles. The Hall–Kier alpha value is -0.160. The van der Waals surface area contributed by atoms with E-state index in [0.717, 1.165) is 51.7 Å². The summed E-state index contributed by atoms with van der Waals surface area (Å²) >= 11 is 0. The first-order valence-electron chi connectivity index (χ1n) is 6.90. The molecule has 17 heavy (non-hydrogen) atoms. The molecule has 0 spiro atoms. The average molecular weight is 243 g/mol. The van der Waals surface area contributed by atoms with Crippen molar-refractivity contribution in [1.29, 1.82) is 0 Å². The molecule has 1 aliphatic heterocycles. The molecule has 4 N–H and O–H groups in total. The van der Waals surface area contributed by atoms with E-state index in [4.69, 9.17) is 10.8 Å². The lowest BCUT2D eigenvalue weighted by Gasteiger charge is -2.44. The van der Waals surface area contributed by atoms with Crippen molar-refractivity contribution in [3.05, 3.63) is 0 Å². The number of rotatable bonds is 7. The lowest BCUT2D eigenvalue weighted by molar-refractivity contribution is 0.111. The van der Waals surface area contributed by atoms with Crippen LogP contribution in [0.2, 0.25) is 0 Å². The second-order valence-electron chi connectivity index (χ2n) is 5.48. The number of aliphatic hydroxyl groups is 1. The Kier molecular flexibility index (Phi) is 6.41. The van der Waals surface area contributed by atoms with Crippen LogP contribution in [0.1, 0.15) is 39.0 Å². The number of aliphatic hydroxyl groups excluding tert-OH is 1. The van der Waals surface area contributed by atoms with Gasteiger partial charge in [0, 0.05) is 24.7 Å². The second kappa shape index (κ2) is 7.31. The fraction of sp³-hybridized carbons (Fsp3) is 1.00. The van der Waals surface area contributed by atoms with Gasteiger partial charge in [0.15, 0.2) is 0 Å². The maximum atomic E-state index is 8.73. The van der Waals surface area contributed by atoms with E-state index in [1.165, 1.54) is 0 Å². The van der Waals surface area contributed by atoms with Gasteiger partial charge < -0.3 is 21.1 Å². The van der Waals surface area contributed by atoms with Gasteiger partial charge in [0.2, 0.25) is 0 Å². The van der Waals surface area contributed by atoms with Gasteiger partial charge in [0.05, 0.1) is 0 Å². The summed E-state index contributed by atoms with van der Waals surface area (Å²) in [5.74, 6) is 0. The van der Waals surface area contributed by atoms with E-state index >= 15 is 0 Å². The fourth-order valence-corrected chi connectivity index (χ4v) is 2.62. The van der Waals surface area contributed by atoms with E-state index in [1.807, 2.05) is 0 Å². The zero-order valence-electron chi connectivity index (χ0n) is 11.4. The van der Waals surface area contributed by atoms with Gasteiger partial charge in [-0.15, -0.1) is 0 Å². The number of piperidine rings is 1. The highest BCUT2D eigenvalue weighted by Gasteiger charge is 2.35. The summed E-state index contributed by atoms with van der Waals surface area (Å²) < 4.78 is 0. The monoisotopic (exact) mass is 243 g/mol. The predicted molar refractivity (Wildman–Crippen MR) is 72.1 cm³/mol. The Balaban J connectivity index is 2.31. The van der Waals surface area contributed by atoms with Gasteiger partial charge in [-0.3, -0.25) is 0 Å². The fourth-order valence-electron chi connectivity index (χ4n) is 2.62. The first-order valence-corrected chi connectivity index (χ1v) is 6.90. The highest BCUT2D eigenvalue weighted by atomic mass is 16.2. The zero-order valence-corrected chi connectivity index (χ0v) is 11.4. The van der Waals surface area contributed by atoms with Gasteiger partial charge in [0.25, 0.3) is 0 Å². The lowest BCUT2D eigenvalue weighted by atomic mass is 9.83. The Morgan fingerprint density at radius 2 is 2.18 bits per heavy atom. The van der Waals surface area contributed by atoms with Crippen molar-refractivity contribution in [3.63, 3.8) is 0 Å². The third-order valence-corrected chi connectivity index (χ3v) is 4.11. The maximum Gasteiger partial charge on any atom is 0.0431 e. The number of nitrogens with two attached hydrogens (primary N) is 1. The van der Waals surface area contributed by atoms with Gasteiger partial charge in [-0.05, 0) is 59.2 Å². The molecule has 0 aromatic rings. The van der Waals surface area contributed by atoms with Crippen molar-refractivity contribution in [2.24, 2.45) is 5.73 Å². The van der Waals surface area contributed by atoms with E-state index in [2.05, 4.69) is 24.2 Å². The molecule has 1 rings (SSSR count). The van der Waals surface area contributed by atoms with Crippen LogP contribution in [0, 0.1) is 0 Å². The van der Waals surface area contributed by atoms with Gasteiger partial charge in [-0.1, -0.05) is 0 Å². The third kappa shape index (κ3) is 4.54. The van der Waals surface area contributed by atoms with Crippen LogP contribution in [0.3, 0.4) is 0 Å². The van der Waals surface area contributed by atoms with E-state index in [9.17, 15) is 0 Å². The van der Waals surface area contributed by atoms with Crippen molar-refractivity contribution in [1.82, 2.24) is 10.2 Å². The Bertz CT molecular complexity index is 213. The van der Waals surface area contributed by atoms with Crippen LogP contribution < -0.4 is 11.1 Å². The minimum absolute atomic E-state index is 0.144. The molecule has 0 aromatic heterocycles. The molecule has 0 aliphatic carbocycles. The highest BCUT2D eigenvalue weighted by molar-refractivity contribution is 4.96. The van der Waals surface area contributed by atoms with Crippen molar-refractivity contribution >= 4 is 0 Å². The van der Waals surface area contributed by atoms with E-state index in [1.54, 1.807) is 0 Å². The van der Waals surface area contributed by atoms with Crippen LogP contribution in [0.4, 0.5) is 0 Å². The van der Waals surface area contributed by atoms with Crippen LogP contribution in [0.25, 0.3) is 0 Å². The van der Waals surface area contributed by atoms with Gasteiger partial charge in [-0.25, -0.2) is 0 Å². The van der Waals surface area contributed by atoms with Gasteiger partial charge in [0.1, 0.15) is 0 Å². The SMILES string of the molecule is CC1CC(CN)(NCCCCCO)CCN1C. The number of hydrogen-bond donors (Lipinski definition) is 3. The minimum atomic E-state index is 0.144. The van der Waals surface area contributed by atoms with Crippen LogP contribution in [0.5, 0.6) is 0 Å². The molecular formula is C13H29N3O. The van der Waals surface area contributed by atoms with E-state index in [0.29, 0.717) is 12.6 Å². The van der Waals surface area contributed by atoms with Crippen LogP contribution in [-0.4, -0.2) is 54.9 Å². The number of nitrogens with zero attached hydrogens (tertiary/aromatic N) is 1. The van der Waals surface area contributed by atoms with Crippen LogP contribution >= 0.6 is 0 Å². The summed E-state index contributed by atoms with van der Waals surface area (Å²) in [7, 11) is 2.19. The molecule has 102 valence electrons. The summed E-state index contributed by atoms with van der Waals surface area (Å²) in [5.41, 5.74) is 6.11. The lowest BCUT2D eigenvalue weighted by Crippen LogP contribution is -2.59. The van der Waals surface area contributed by atoms with Crippen molar-refractivity contribution in [2.75, 3.05) is 33.3 Å². The summed E-state index contributed by atoms with van der Waals surface area (Å²) in [6.45, 7) is 5.46. The van der Waals surface area contributed by atoms with Crippen molar-refractivity contribution in [3.8, 4) is 0 Å². The summed E-state index contributed by atoms with van der Waals surface area (Å²) in [6.07, 6.45) is 5.42. The molecule has 4 heteroatoms. The second-order valence-corrected chi connectivity index (χ2v) is 5.48. The molecule has 0 radical (unpaired) electrons. The number of hydrogen-bond acceptors (Lipinski definition) is 4. The zero-order chi connectivity index (χ0) is 12.7. The molecule has 1 saturated heterocycles. The molecule has 2 atom stereocenters. The standard InChI is InChI=1S/C13H29N3O/c1-12-10-13(11-14,6-8-16(12)2)15-7-4-3-5-9-17/h12,15,17H,3-11,14H2,1-2H3. The minimum Gasteiger partial charge on any atom is -0.396 e. The molecule has 0 amide bonds. The average Bonchev–Trinajstić information content (AvgIpc) is 2.34. The molecule has 1 heterocycles.